The molecule has 4 heteroatoms. The molecule has 84 heavy (non-hydrogen) atoms. The van der Waals surface area contributed by atoms with Gasteiger partial charge in [0.2, 0.25) is 0 Å². The highest BCUT2D eigenvalue weighted by atomic mass is 19.1. The van der Waals surface area contributed by atoms with Crippen molar-refractivity contribution in [3.05, 3.63) is 264 Å². The van der Waals surface area contributed by atoms with Crippen LogP contribution in [0.25, 0.3) is 76.8 Å². The Hall–Kier alpha value is -8.86. The van der Waals surface area contributed by atoms with Gasteiger partial charge in [-0.2, -0.15) is 0 Å². The number of anilines is 6. The number of halogens is 2. The minimum absolute atomic E-state index is 0.0639. The average molecular weight is 1110 g/mol. The van der Waals surface area contributed by atoms with Gasteiger partial charge in [0, 0.05) is 33.3 Å². The van der Waals surface area contributed by atoms with Gasteiger partial charge in [-0.25, -0.2) is 8.78 Å². The number of hydrogen-bond acceptors (Lipinski definition) is 2. The van der Waals surface area contributed by atoms with Crippen molar-refractivity contribution in [3.63, 3.8) is 0 Å². The molecule has 0 N–H and O–H groups in total. The molecule has 0 atom stereocenters. The first-order chi connectivity index (χ1) is 44.2. The average Bonchev–Trinajstić information content (AvgIpc) is 0.714. The summed E-state index contributed by atoms with van der Waals surface area (Å²) in [6, 6.07) is 46.7. The number of para-hydroxylation sites is 2. The van der Waals surface area contributed by atoms with Gasteiger partial charge in [-0.1, -0.05) is 265 Å². The van der Waals surface area contributed by atoms with Crippen LogP contribution < -0.4 is 9.80 Å². The van der Waals surface area contributed by atoms with E-state index in [-0.39, 0.29) is 34.1 Å². The summed E-state index contributed by atoms with van der Waals surface area (Å²) in [5, 5.41) is 3.56. The SMILES string of the molecule is [2H]c1c([2H])c([2H])c(N(c2c(F)ccc(-c3ccccc3C(C)(C)C)c2-c2ccccc2C(C)(C)C)c2ccc3ccc4c(N(c5c([2H])c([2H])c([2H])c([2H])c5[2H])c5c(F)ccc(-c6ccccc6C(C)(C)C)c5-c5ccccc5C(C)(C)C)ccc5ccc2c3c54)c([2H])c1[2H]. The van der Waals surface area contributed by atoms with Gasteiger partial charge in [0.05, 0.1) is 36.5 Å². The van der Waals surface area contributed by atoms with E-state index in [2.05, 4.69) is 95.2 Å². The Balaban J connectivity index is 1.26. The Morgan fingerprint density at radius 3 is 0.940 bits per heavy atom. The van der Waals surface area contributed by atoms with Crippen molar-refractivity contribution in [2.45, 2.75) is 105 Å². The van der Waals surface area contributed by atoms with Crippen LogP contribution >= 0.6 is 0 Å². The Bertz CT molecular complexity index is 4690. The molecule has 0 aliphatic carbocycles. The molecule has 2 nitrogen and oxygen atoms in total. The summed E-state index contributed by atoms with van der Waals surface area (Å²) in [6.45, 7) is 25.2. The summed E-state index contributed by atoms with van der Waals surface area (Å²) < 4.78 is 131. The molecule has 0 heterocycles. The summed E-state index contributed by atoms with van der Waals surface area (Å²) in [5.41, 5.74) is 6.73. The number of benzene rings is 12. The van der Waals surface area contributed by atoms with Crippen LogP contribution in [0.15, 0.2) is 230 Å². The third kappa shape index (κ3) is 9.79. The van der Waals surface area contributed by atoms with Crippen LogP contribution in [0, 0.1) is 11.6 Å². The zero-order valence-corrected chi connectivity index (χ0v) is 49.8. The minimum Gasteiger partial charge on any atom is -0.307 e. The Morgan fingerprint density at radius 1 is 0.310 bits per heavy atom. The highest BCUT2D eigenvalue weighted by Gasteiger charge is 2.34. The molecule has 0 radical (unpaired) electrons. The van der Waals surface area contributed by atoms with Crippen LogP contribution in [0.4, 0.5) is 42.9 Å². The van der Waals surface area contributed by atoms with E-state index in [1.165, 1.54) is 21.9 Å². The monoisotopic (exact) mass is 1110 g/mol. The lowest BCUT2D eigenvalue weighted by molar-refractivity contribution is 0.590. The molecule has 0 spiro atoms. The second-order valence-electron chi connectivity index (χ2n) is 26.0. The zero-order valence-electron chi connectivity index (χ0n) is 59.8. The lowest BCUT2D eigenvalue weighted by Gasteiger charge is -2.34. The van der Waals surface area contributed by atoms with Gasteiger partial charge < -0.3 is 9.80 Å². The van der Waals surface area contributed by atoms with Gasteiger partial charge >= 0.3 is 0 Å². The molecule has 0 aliphatic rings. The van der Waals surface area contributed by atoms with Crippen molar-refractivity contribution in [2.24, 2.45) is 0 Å². The van der Waals surface area contributed by atoms with Crippen molar-refractivity contribution in [1.29, 1.82) is 0 Å². The molecular formula is C80H74F2N2. The fourth-order valence-corrected chi connectivity index (χ4v) is 12.6. The third-order valence-corrected chi connectivity index (χ3v) is 16.3. The van der Waals surface area contributed by atoms with E-state index in [1.54, 1.807) is 24.3 Å². The Morgan fingerprint density at radius 2 is 0.607 bits per heavy atom. The number of rotatable bonds is 10. The van der Waals surface area contributed by atoms with E-state index < -0.39 is 93.7 Å². The van der Waals surface area contributed by atoms with E-state index in [9.17, 15) is 11.0 Å². The minimum atomic E-state index is -0.733. The van der Waals surface area contributed by atoms with Crippen molar-refractivity contribution in [1.82, 2.24) is 0 Å². The van der Waals surface area contributed by atoms with Crippen LogP contribution in [0.5, 0.6) is 0 Å². The topological polar surface area (TPSA) is 6.48 Å². The normalized spacial score (nSPS) is 14.1. The van der Waals surface area contributed by atoms with Gasteiger partial charge in [0.1, 0.15) is 11.6 Å². The lowest BCUT2D eigenvalue weighted by Crippen LogP contribution is -2.18. The molecular weight excluding hydrogens is 1030 g/mol. The maximum atomic E-state index is 18.7. The molecule has 0 bridgehead atoms. The van der Waals surface area contributed by atoms with Gasteiger partial charge in [0.15, 0.2) is 0 Å². The molecule has 0 aliphatic heterocycles. The van der Waals surface area contributed by atoms with Crippen molar-refractivity contribution in [3.8, 4) is 44.5 Å². The van der Waals surface area contributed by atoms with E-state index in [4.69, 9.17) is 2.74 Å². The summed E-state index contributed by atoms with van der Waals surface area (Å²) in [4.78, 5) is 2.99. The molecule has 0 amide bonds. The highest BCUT2D eigenvalue weighted by molar-refractivity contribution is 6.28. The molecule has 12 aromatic rings. The lowest BCUT2D eigenvalue weighted by atomic mass is 9.77. The van der Waals surface area contributed by atoms with Crippen LogP contribution in [0.1, 0.15) is 119 Å². The predicted octanol–water partition coefficient (Wildman–Crippen LogP) is 23.7. The maximum Gasteiger partial charge on any atom is 0.147 e. The van der Waals surface area contributed by atoms with E-state index in [1.807, 2.05) is 121 Å². The second kappa shape index (κ2) is 21.1. The van der Waals surface area contributed by atoms with Crippen molar-refractivity contribution >= 4 is 66.4 Å². The fourth-order valence-electron chi connectivity index (χ4n) is 12.6. The van der Waals surface area contributed by atoms with Crippen LogP contribution in [-0.2, 0) is 21.7 Å². The first-order valence-electron chi connectivity index (χ1n) is 33.7. The molecule has 0 unspecified atom stereocenters. The molecule has 0 saturated heterocycles. The van der Waals surface area contributed by atoms with Gasteiger partial charge in [-0.05, 0) is 147 Å². The van der Waals surface area contributed by atoms with E-state index in [0.29, 0.717) is 65.7 Å². The predicted molar refractivity (Wildman–Crippen MR) is 356 cm³/mol. The molecule has 12 aromatic carbocycles. The smallest absolute Gasteiger partial charge is 0.147 e. The molecule has 0 aromatic heterocycles. The first kappa shape index (κ1) is 44.7. The summed E-state index contributed by atoms with van der Waals surface area (Å²) in [6.07, 6.45) is 0. The van der Waals surface area contributed by atoms with Gasteiger partial charge in [-0.3, -0.25) is 0 Å². The van der Waals surface area contributed by atoms with E-state index in [0.717, 1.165) is 33.4 Å². The molecule has 0 saturated carbocycles. The van der Waals surface area contributed by atoms with Crippen molar-refractivity contribution in [2.75, 3.05) is 9.80 Å². The summed E-state index contributed by atoms with van der Waals surface area (Å²) >= 11 is 0. The largest absolute Gasteiger partial charge is 0.307 e. The standard InChI is InChI=1S/C80H74F2N2/c1-77(2,3)63-35-23-19-31-55(63)57-45-47-67(81)75(73(57)59-33-21-25-37-65(59)79(7,8)9)83(53-27-15-13-16-28-53)69-49-41-51-40-44-62-70(50-42-52-39-43-61(69)71(51)72(52)62)84(54-29-17-14-18-30-54)76-68(82)48-46-58(56-32-20-24-36-64(56)78(4,5)6)74(76)60-34-22-26-38-66(60)80(10,11)12/h13-50H,1-12H3/i13D,14D,15D,16D,17D,18D,27D,28D,29D,30D. The van der Waals surface area contributed by atoms with Gasteiger partial charge in [-0.15, -0.1) is 0 Å². The van der Waals surface area contributed by atoms with E-state index >= 15 is 8.78 Å². The number of nitrogens with zero attached hydrogens (tertiary/aromatic N) is 2. The summed E-state index contributed by atoms with van der Waals surface area (Å²) in [7, 11) is 0. The van der Waals surface area contributed by atoms with Crippen LogP contribution in [0.2, 0.25) is 0 Å². The van der Waals surface area contributed by atoms with Crippen LogP contribution in [-0.4, -0.2) is 0 Å². The number of hydrogen-bond donors (Lipinski definition) is 0. The fraction of sp³-hybridized carbons (Fsp3) is 0.200. The third-order valence-electron chi connectivity index (χ3n) is 16.3. The first-order valence-corrected chi connectivity index (χ1v) is 28.7. The van der Waals surface area contributed by atoms with Gasteiger partial charge in [0.25, 0.3) is 0 Å². The summed E-state index contributed by atoms with van der Waals surface area (Å²) in [5.74, 6) is -1.47. The second-order valence-corrected chi connectivity index (χ2v) is 26.0. The van der Waals surface area contributed by atoms with Crippen LogP contribution in [0.3, 0.4) is 0 Å². The Labute approximate surface area is 510 Å². The maximum absolute atomic E-state index is 18.7. The molecule has 0 fully saturated rings. The molecule has 418 valence electrons. The Kier molecular flexibility index (Phi) is 11.2. The quantitative estimate of drug-likeness (QED) is 0.126. The van der Waals surface area contributed by atoms with Crippen molar-refractivity contribution < 1.29 is 22.5 Å². The highest BCUT2D eigenvalue weighted by Crippen LogP contribution is 2.55. The molecule has 12 rings (SSSR count). The zero-order chi connectivity index (χ0) is 67.7.